The molecule has 1 aromatic rings. The molecule has 0 atom stereocenters. The Labute approximate surface area is 101 Å². The summed E-state index contributed by atoms with van der Waals surface area (Å²) in [5.74, 6) is -0.191. The third-order valence-corrected chi connectivity index (χ3v) is 2.99. The minimum Gasteiger partial charge on any atom is -0.286 e. The number of alkyl halides is 1. The van der Waals surface area contributed by atoms with Crippen LogP contribution in [0.5, 0.6) is 0 Å². The molecule has 0 aliphatic rings. The zero-order chi connectivity index (χ0) is 12.2. The maximum atomic E-state index is 11.8. The lowest BCUT2D eigenvalue weighted by atomic mass is 9.95. The molecule has 0 saturated heterocycles. The van der Waals surface area contributed by atoms with Gasteiger partial charge in [0.15, 0.2) is 0 Å². The van der Waals surface area contributed by atoms with E-state index >= 15 is 0 Å². The van der Waals surface area contributed by atoms with Gasteiger partial charge in [0.2, 0.25) is 0 Å². The van der Waals surface area contributed by atoms with E-state index in [2.05, 4.69) is 0 Å². The molecule has 0 radical (unpaired) electrons. The average molecular weight is 242 g/mol. The number of nitrogens with zero attached hydrogens (tertiary/aromatic N) is 1. The molecule has 4 heteroatoms. The highest BCUT2D eigenvalue weighted by molar-refractivity contribution is 6.19. The highest BCUT2D eigenvalue weighted by Gasteiger charge is 2.30. The van der Waals surface area contributed by atoms with Gasteiger partial charge < -0.3 is 0 Å². The molecule has 3 nitrogen and oxygen atoms in total. The molecular weight excluding hydrogens is 226 g/mol. The Balaban J connectivity index is 2.66. The second-order valence-corrected chi connectivity index (χ2v) is 4.63. The normalized spacial score (nSPS) is 11.2. The first-order valence-corrected chi connectivity index (χ1v) is 5.61. The van der Waals surface area contributed by atoms with E-state index < -0.39 is 5.41 Å². The van der Waals surface area contributed by atoms with E-state index in [0.29, 0.717) is 0 Å². The van der Waals surface area contributed by atoms with Crippen molar-refractivity contribution in [3.05, 3.63) is 35.9 Å². The number of hydrogen-bond donors (Lipinski definition) is 1. The Hall–Kier alpha value is -1.06. The second kappa shape index (κ2) is 5.32. The summed E-state index contributed by atoms with van der Waals surface area (Å²) in [5.41, 5.74) is 0.133. The van der Waals surface area contributed by atoms with Gasteiger partial charge in [0.25, 0.3) is 5.91 Å². The number of carbonyl (C=O) groups excluding carboxylic acids is 1. The van der Waals surface area contributed by atoms with Crippen LogP contribution in [0.15, 0.2) is 30.3 Å². The molecule has 0 fully saturated rings. The van der Waals surface area contributed by atoms with Crippen molar-refractivity contribution in [3.63, 3.8) is 0 Å². The Kier molecular flexibility index (Phi) is 4.33. The Bertz CT molecular complexity index is 351. The molecule has 1 amide bonds. The first-order chi connectivity index (χ1) is 7.47. The summed E-state index contributed by atoms with van der Waals surface area (Å²) in [6.45, 7) is 3.59. The van der Waals surface area contributed by atoms with Crippen LogP contribution in [0.2, 0.25) is 0 Å². The average Bonchev–Trinajstić information content (AvgIpc) is 2.29. The van der Waals surface area contributed by atoms with Gasteiger partial charge in [-0.1, -0.05) is 30.3 Å². The van der Waals surface area contributed by atoms with E-state index in [0.717, 1.165) is 10.6 Å². The minimum absolute atomic E-state index is 0.178. The maximum absolute atomic E-state index is 11.8. The molecule has 0 unspecified atom stereocenters. The molecule has 16 heavy (non-hydrogen) atoms. The van der Waals surface area contributed by atoms with Crippen molar-refractivity contribution in [3.8, 4) is 0 Å². The van der Waals surface area contributed by atoms with Crippen molar-refractivity contribution in [2.75, 3.05) is 5.88 Å². The minimum atomic E-state index is -0.745. The van der Waals surface area contributed by atoms with Crippen LogP contribution in [0, 0.1) is 5.41 Å². The monoisotopic (exact) mass is 241 g/mol. The van der Waals surface area contributed by atoms with Crippen LogP contribution < -0.4 is 0 Å². The van der Waals surface area contributed by atoms with E-state index in [4.69, 9.17) is 11.6 Å². The summed E-state index contributed by atoms with van der Waals surface area (Å²) in [6.07, 6.45) is 0. The van der Waals surface area contributed by atoms with E-state index in [9.17, 15) is 10.0 Å². The van der Waals surface area contributed by atoms with Crippen molar-refractivity contribution in [1.29, 1.82) is 0 Å². The number of rotatable bonds is 4. The quantitative estimate of drug-likeness (QED) is 0.500. The standard InChI is InChI=1S/C12H16ClNO2/c1-12(2,9-13)11(15)14(16)8-10-6-4-3-5-7-10/h3-7,16H,8-9H2,1-2H3. The van der Waals surface area contributed by atoms with Gasteiger partial charge in [-0.25, -0.2) is 5.06 Å². The van der Waals surface area contributed by atoms with Gasteiger partial charge in [0, 0.05) is 5.88 Å². The van der Waals surface area contributed by atoms with E-state index in [1.54, 1.807) is 13.8 Å². The van der Waals surface area contributed by atoms with Gasteiger partial charge in [0.05, 0.1) is 12.0 Å². The zero-order valence-electron chi connectivity index (χ0n) is 9.48. The lowest BCUT2D eigenvalue weighted by Crippen LogP contribution is -2.39. The predicted octanol–water partition coefficient (Wildman–Crippen LogP) is 2.67. The third-order valence-electron chi connectivity index (χ3n) is 2.32. The van der Waals surface area contributed by atoms with Gasteiger partial charge >= 0.3 is 0 Å². The van der Waals surface area contributed by atoms with E-state index in [1.165, 1.54) is 0 Å². The summed E-state index contributed by atoms with van der Waals surface area (Å²) in [7, 11) is 0. The van der Waals surface area contributed by atoms with Gasteiger partial charge in [-0.3, -0.25) is 10.0 Å². The van der Waals surface area contributed by atoms with Crippen LogP contribution in [-0.2, 0) is 11.3 Å². The summed E-state index contributed by atoms with van der Waals surface area (Å²) in [6, 6.07) is 9.31. The lowest BCUT2D eigenvalue weighted by molar-refractivity contribution is -0.177. The fourth-order valence-electron chi connectivity index (χ4n) is 1.23. The smallest absolute Gasteiger partial charge is 0.253 e. The molecule has 0 aliphatic carbocycles. The molecule has 1 rings (SSSR count). The molecular formula is C12H16ClNO2. The number of hydrogen-bond acceptors (Lipinski definition) is 2. The van der Waals surface area contributed by atoms with Gasteiger partial charge in [-0.15, -0.1) is 11.6 Å². The maximum Gasteiger partial charge on any atom is 0.253 e. The van der Waals surface area contributed by atoms with Crippen molar-refractivity contribution < 1.29 is 10.0 Å². The first kappa shape index (κ1) is 13.0. The Morgan fingerprint density at radius 2 is 1.94 bits per heavy atom. The molecule has 0 spiro atoms. The number of hydroxylamine groups is 2. The molecule has 0 aromatic heterocycles. The van der Waals surface area contributed by atoms with Gasteiger partial charge in [0.1, 0.15) is 0 Å². The van der Waals surface area contributed by atoms with Crippen molar-refractivity contribution in [2.24, 2.45) is 5.41 Å². The molecule has 0 saturated carbocycles. The van der Waals surface area contributed by atoms with Gasteiger partial charge in [-0.05, 0) is 19.4 Å². The van der Waals surface area contributed by atoms with E-state index in [-0.39, 0.29) is 18.3 Å². The molecule has 0 bridgehead atoms. The highest BCUT2D eigenvalue weighted by atomic mass is 35.5. The summed E-state index contributed by atoms with van der Waals surface area (Å²) < 4.78 is 0. The number of amides is 1. The molecule has 0 heterocycles. The number of benzene rings is 1. The second-order valence-electron chi connectivity index (χ2n) is 4.37. The van der Waals surface area contributed by atoms with Crippen LogP contribution in [0.4, 0.5) is 0 Å². The van der Waals surface area contributed by atoms with Crippen LogP contribution in [0.25, 0.3) is 0 Å². The van der Waals surface area contributed by atoms with Crippen molar-refractivity contribution in [1.82, 2.24) is 5.06 Å². The highest BCUT2D eigenvalue weighted by Crippen LogP contribution is 2.20. The van der Waals surface area contributed by atoms with Gasteiger partial charge in [-0.2, -0.15) is 0 Å². The summed E-state index contributed by atoms with van der Waals surface area (Å²) in [4.78, 5) is 11.8. The Morgan fingerprint density at radius 3 is 2.44 bits per heavy atom. The molecule has 0 aliphatic heterocycles. The lowest BCUT2D eigenvalue weighted by Gasteiger charge is -2.25. The van der Waals surface area contributed by atoms with Crippen molar-refractivity contribution >= 4 is 17.5 Å². The van der Waals surface area contributed by atoms with Crippen LogP contribution in [0.3, 0.4) is 0 Å². The van der Waals surface area contributed by atoms with E-state index in [1.807, 2.05) is 30.3 Å². The fraction of sp³-hybridized carbons (Fsp3) is 0.417. The molecule has 88 valence electrons. The summed E-state index contributed by atoms with van der Waals surface area (Å²) in [5, 5.41) is 10.4. The van der Waals surface area contributed by atoms with Crippen LogP contribution in [-0.4, -0.2) is 22.1 Å². The number of halogens is 1. The SMILES string of the molecule is CC(C)(CCl)C(=O)N(O)Cc1ccccc1. The van der Waals surface area contributed by atoms with Crippen molar-refractivity contribution in [2.45, 2.75) is 20.4 Å². The predicted molar refractivity (Wildman–Crippen MR) is 63.3 cm³/mol. The zero-order valence-corrected chi connectivity index (χ0v) is 10.2. The molecule has 1 aromatic carbocycles. The molecule has 1 N–H and O–H groups in total. The van der Waals surface area contributed by atoms with Crippen LogP contribution in [0.1, 0.15) is 19.4 Å². The van der Waals surface area contributed by atoms with Crippen LogP contribution >= 0.6 is 11.6 Å². The Morgan fingerprint density at radius 1 is 1.38 bits per heavy atom. The fourth-order valence-corrected chi connectivity index (χ4v) is 1.35. The summed E-state index contributed by atoms with van der Waals surface area (Å²) >= 11 is 5.68. The largest absolute Gasteiger partial charge is 0.286 e. The first-order valence-electron chi connectivity index (χ1n) is 5.08. The third kappa shape index (κ3) is 3.22. The number of carbonyl (C=O) groups is 1. The topological polar surface area (TPSA) is 40.5 Å².